The number of aliphatic imine (C=N–C) groups is 1. The highest BCUT2D eigenvalue weighted by Gasteiger charge is 2.16. The second-order valence-corrected chi connectivity index (χ2v) is 4.68. The zero-order chi connectivity index (χ0) is 15.1. The Kier molecular flexibility index (Phi) is 5.68. The molecular weight excluding hydrogens is 275 g/mol. The lowest BCUT2D eigenvalue weighted by Gasteiger charge is -2.11. The minimum atomic E-state index is -0.461. The van der Waals surface area contributed by atoms with E-state index in [1.165, 1.54) is 24.3 Å². The topological polar surface area (TPSA) is 59.9 Å². The number of amides is 1. The van der Waals surface area contributed by atoms with Crippen LogP contribution in [0.2, 0.25) is 0 Å². The SMILES string of the molecule is CCOC(=NCC1CCCO1)NC(=O)c1cccc(F)c1. The van der Waals surface area contributed by atoms with Crippen molar-refractivity contribution in [2.75, 3.05) is 19.8 Å². The number of nitrogens with zero attached hydrogens (tertiary/aromatic N) is 1. The smallest absolute Gasteiger partial charge is 0.291 e. The second-order valence-electron chi connectivity index (χ2n) is 4.68. The molecule has 0 aromatic heterocycles. The van der Waals surface area contributed by atoms with Crippen molar-refractivity contribution >= 4 is 11.9 Å². The van der Waals surface area contributed by atoms with Crippen LogP contribution >= 0.6 is 0 Å². The summed E-state index contributed by atoms with van der Waals surface area (Å²) in [6, 6.07) is 5.60. The maximum absolute atomic E-state index is 13.1. The van der Waals surface area contributed by atoms with E-state index in [9.17, 15) is 9.18 Å². The van der Waals surface area contributed by atoms with E-state index in [1.807, 2.05) is 0 Å². The maximum Gasteiger partial charge on any atom is 0.291 e. The van der Waals surface area contributed by atoms with E-state index in [0.29, 0.717) is 13.2 Å². The predicted octanol–water partition coefficient (Wildman–Crippen LogP) is 2.13. The summed E-state index contributed by atoms with van der Waals surface area (Å²) >= 11 is 0. The lowest BCUT2D eigenvalue weighted by Crippen LogP contribution is -2.33. The molecule has 2 rings (SSSR count). The number of halogens is 1. The zero-order valence-corrected chi connectivity index (χ0v) is 12.0. The van der Waals surface area contributed by atoms with Gasteiger partial charge in [-0.2, -0.15) is 0 Å². The number of rotatable bonds is 4. The molecule has 21 heavy (non-hydrogen) atoms. The van der Waals surface area contributed by atoms with E-state index in [0.717, 1.165) is 19.4 Å². The number of amidine groups is 1. The molecule has 1 aliphatic heterocycles. The van der Waals surface area contributed by atoms with Gasteiger partial charge in [0.2, 0.25) is 0 Å². The highest BCUT2D eigenvalue weighted by Crippen LogP contribution is 2.12. The first kappa shape index (κ1) is 15.4. The van der Waals surface area contributed by atoms with Gasteiger partial charge in [-0.15, -0.1) is 0 Å². The molecule has 1 unspecified atom stereocenters. The van der Waals surface area contributed by atoms with E-state index in [2.05, 4.69) is 10.3 Å². The molecule has 6 heteroatoms. The summed E-state index contributed by atoms with van der Waals surface area (Å²) in [7, 11) is 0. The standard InChI is InChI=1S/C15H19FN2O3/c1-2-20-15(17-10-13-7-4-8-21-13)18-14(19)11-5-3-6-12(16)9-11/h3,5-6,9,13H,2,4,7-8,10H2,1H3,(H,17,18,19). The van der Waals surface area contributed by atoms with Crippen LogP contribution in [0.3, 0.4) is 0 Å². The fraction of sp³-hybridized carbons (Fsp3) is 0.467. The van der Waals surface area contributed by atoms with Crippen molar-refractivity contribution in [2.24, 2.45) is 4.99 Å². The van der Waals surface area contributed by atoms with Crippen molar-refractivity contribution in [3.8, 4) is 0 Å². The number of carbonyl (C=O) groups excluding carboxylic acids is 1. The van der Waals surface area contributed by atoms with Crippen LogP contribution in [0, 0.1) is 5.82 Å². The van der Waals surface area contributed by atoms with Crippen LogP contribution < -0.4 is 5.32 Å². The van der Waals surface area contributed by atoms with Gasteiger partial charge in [-0.1, -0.05) is 6.07 Å². The molecule has 1 amide bonds. The fourth-order valence-corrected chi connectivity index (χ4v) is 2.03. The minimum absolute atomic E-state index is 0.0755. The first-order chi connectivity index (χ1) is 10.2. The molecule has 0 aliphatic carbocycles. The summed E-state index contributed by atoms with van der Waals surface area (Å²) in [6.45, 7) is 3.38. The molecule has 0 bridgehead atoms. The average molecular weight is 294 g/mol. The van der Waals surface area contributed by atoms with E-state index < -0.39 is 11.7 Å². The highest BCUT2D eigenvalue weighted by atomic mass is 19.1. The quantitative estimate of drug-likeness (QED) is 0.683. The van der Waals surface area contributed by atoms with E-state index in [4.69, 9.17) is 9.47 Å². The van der Waals surface area contributed by atoms with Gasteiger partial charge < -0.3 is 9.47 Å². The summed E-state index contributed by atoms with van der Waals surface area (Å²) in [5.74, 6) is -0.911. The van der Waals surface area contributed by atoms with Crippen LogP contribution in [0.1, 0.15) is 30.1 Å². The van der Waals surface area contributed by atoms with Crippen molar-refractivity contribution in [3.05, 3.63) is 35.6 Å². The molecule has 1 heterocycles. The van der Waals surface area contributed by atoms with Crippen LogP contribution in [0.25, 0.3) is 0 Å². The monoisotopic (exact) mass is 294 g/mol. The lowest BCUT2D eigenvalue weighted by molar-refractivity contribution is 0.0963. The zero-order valence-electron chi connectivity index (χ0n) is 12.0. The molecule has 1 fully saturated rings. The molecule has 1 aromatic rings. The second kappa shape index (κ2) is 7.73. The van der Waals surface area contributed by atoms with Gasteiger partial charge in [0, 0.05) is 12.2 Å². The fourth-order valence-electron chi connectivity index (χ4n) is 2.03. The lowest BCUT2D eigenvalue weighted by atomic mass is 10.2. The van der Waals surface area contributed by atoms with Crippen molar-refractivity contribution in [1.82, 2.24) is 5.32 Å². The third-order valence-electron chi connectivity index (χ3n) is 3.05. The van der Waals surface area contributed by atoms with Crippen LogP contribution in [-0.2, 0) is 9.47 Å². The van der Waals surface area contributed by atoms with Gasteiger partial charge >= 0.3 is 0 Å². The van der Waals surface area contributed by atoms with Crippen LogP contribution in [0.15, 0.2) is 29.3 Å². The minimum Gasteiger partial charge on any atom is -0.465 e. The van der Waals surface area contributed by atoms with E-state index >= 15 is 0 Å². The summed E-state index contributed by atoms with van der Waals surface area (Å²) < 4.78 is 23.9. The van der Waals surface area contributed by atoms with Crippen molar-refractivity contribution in [3.63, 3.8) is 0 Å². The number of carbonyl (C=O) groups is 1. The van der Waals surface area contributed by atoms with Crippen molar-refractivity contribution in [2.45, 2.75) is 25.9 Å². The number of hydrogen-bond donors (Lipinski definition) is 1. The Balaban J connectivity index is 1.97. The molecular formula is C15H19FN2O3. The normalized spacial score (nSPS) is 18.6. The van der Waals surface area contributed by atoms with E-state index in [1.54, 1.807) is 6.92 Å². The van der Waals surface area contributed by atoms with E-state index in [-0.39, 0.29) is 17.7 Å². The molecule has 5 nitrogen and oxygen atoms in total. The number of hydrogen-bond acceptors (Lipinski definition) is 4. The van der Waals surface area contributed by atoms with Gasteiger partial charge in [-0.3, -0.25) is 10.1 Å². The first-order valence-corrected chi connectivity index (χ1v) is 7.05. The van der Waals surface area contributed by atoms with Crippen LogP contribution in [-0.4, -0.2) is 37.8 Å². The summed E-state index contributed by atoms with van der Waals surface area (Å²) in [4.78, 5) is 16.2. The van der Waals surface area contributed by atoms with Crippen molar-refractivity contribution < 1.29 is 18.7 Å². The van der Waals surface area contributed by atoms with Gasteiger partial charge in [0.1, 0.15) is 5.82 Å². The van der Waals surface area contributed by atoms with Gasteiger partial charge in [-0.25, -0.2) is 9.38 Å². The number of nitrogens with one attached hydrogen (secondary N) is 1. The van der Waals surface area contributed by atoms with Gasteiger partial charge in [0.15, 0.2) is 0 Å². The summed E-state index contributed by atoms with van der Waals surface area (Å²) in [5.41, 5.74) is 0.222. The molecule has 1 aromatic carbocycles. The number of ether oxygens (including phenoxy) is 2. The first-order valence-electron chi connectivity index (χ1n) is 7.05. The van der Waals surface area contributed by atoms with Crippen molar-refractivity contribution in [1.29, 1.82) is 0 Å². The maximum atomic E-state index is 13.1. The van der Waals surface area contributed by atoms with Gasteiger partial charge in [0.05, 0.1) is 19.3 Å². The van der Waals surface area contributed by atoms with Gasteiger partial charge in [0.25, 0.3) is 11.9 Å². The Morgan fingerprint density at radius 2 is 2.43 bits per heavy atom. The Hall–Kier alpha value is -1.95. The third-order valence-corrected chi connectivity index (χ3v) is 3.05. The molecule has 0 radical (unpaired) electrons. The Bertz CT molecular complexity index is 513. The molecule has 1 aliphatic rings. The summed E-state index contributed by atoms with van der Waals surface area (Å²) in [6.07, 6.45) is 2.06. The number of benzene rings is 1. The Labute approximate surface area is 123 Å². The highest BCUT2D eigenvalue weighted by molar-refractivity contribution is 6.04. The third kappa shape index (κ3) is 4.82. The molecule has 0 spiro atoms. The molecule has 1 saturated heterocycles. The largest absolute Gasteiger partial charge is 0.465 e. The van der Waals surface area contributed by atoms with Gasteiger partial charge in [-0.05, 0) is 38.0 Å². The Morgan fingerprint density at radius 1 is 1.57 bits per heavy atom. The molecule has 1 N–H and O–H groups in total. The summed E-state index contributed by atoms with van der Waals surface area (Å²) in [5, 5.41) is 2.55. The Morgan fingerprint density at radius 3 is 3.10 bits per heavy atom. The average Bonchev–Trinajstić information content (AvgIpc) is 2.98. The molecule has 1 atom stereocenters. The molecule has 0 saturated carbocycles. The predicted molar refractivity (Wildman–Crippen MR) is 76.8 cm³/mol. The van der Waals surface area contributed by atoms with Crippen LogP contribution in [0.5, 0.6) is 0 Å². The molecule has 114 valence electrons. The van der Waals surface area contributed by atoms with Crippen LogP contribution in [0.4, 0.5) is 4.39 Å².